The Hall–Kier alpha value is -1.34. The predicted molar refractivity (Wildman–Crippen MR) is 109 cm³/mol. The van der Waals surface area contributed by atoms with E-state index in [1.165, 1.54) is 40.7 Å². The summed E-state index contributed by atoms with van der Waals surface area (Å²) in [6.45, 7) is 11.7. The molecule has 1 aliphatic carbocycles. The lowest BCUT2D eigenvalue weighted by atomic mass is 9.63. The number of rotatable bonds is 2. The largest absolute Gasteiger partial charge is 0.0616 e. The third-order valence-corrected chi connectivity index (χ3v) is 6.25. The van der Waals surface area contributed by atoms with Gasteiger partial charge in [-0.2, -0.15) is 0 Å². The fourth-order valence-electron chi connectivity index (χ4n) is 3.80. The Labute approximate surface area is 155 Å². The number of benzene rings is 2. The zero-order valence-electron chi connectivity index (χ0n) is 15.4. The summed E-state index contributed by atoms with van der Waals surface area (Å²) in [6.07, 6.45) is 4.82. The lowest BCUT2D eigenvalue weighted by molar-refractivity contribution is 0.332. The summed E-state index contributed by atoms with van der Waals surface area (Å²) < 4.78 is 1.15. The van der Waals surface area contributed by atoms with Crippen molar-refractivity contribution in [3.05, 3.63) is 69.2 Å². The van der Waals surface area contributed by atoms with Gasteiger partial charge in [-0.1, -0.05) is 86.1 Å². The summed E-state index contributed by atoms with van der Waals surface area (Å²) in [5, 5.41) is 0. The van der Waals surface area contributed by atoms with Crippen molar-refractivity contribution in [2.75, 3.05) is 0 Å². The summed E-state index contributed by atoms with van der Waals surface area (Å²) in [6, 6.07) is 15.5. The minimum atomic E-state index is 0.260. The maximum atomic E-state index is 3.66. The topological polar surface area (TPSA) is 0 Å². The molecule has 2 aromatic carbocycles. The molecule has 0 spiro atoms. The van der Waals surface area contributed by atoms with Crippen molar-refractivity contribution >= 4 is 27.6 Å². The van der Waals surface area contributed by atoms with Crippen LogP contribution < -0.4 is 0 Å². The molecule has 0 aliphatic heterocycles. The van der Waals surface area contributed by atoms with Crippen molar-refractivity contribution in [1.82, 2.24) is 0 Å². The molecule has 0 radical (unpaired) electrons. The van der Waals surface area contributed by atoms with Crippen molar-refractivity contribution < 1.29 is 0 Å². The van der Waals surface area contributed by atoms with Crippen LogP contribution >= 0.6 is 15.9 Å². The Morgan fingerprint density at radius 1 is 0.917 bits per heavy atom. The highest BCUT2D eigenvalue weighted by Crippen LogP contribution is 2.46. The highest BCUT2D eigenvalue weighted by Gasteiger charge is 2.36. The monoisotopic (exact) mass is 382 g/mol. The van der Waals surface area contributed by atoms with Crippen LogP contribution in [0.25, 0.3) is 11.6 Å². The van der Waals surface area contributed by atoms with Crippen LogP contribution in [-0.4, -0.2) is 0 Å². The number of hydrogen-bond donors (Lipinski definition) is 0. The van der Waals surface area contributed by atoms with Gasteiger partial charge in [0.15, 0.2) is 0 Å². The fraction of sp³-hybridized carbons (Fsp3) is 0.391. The van der Waals surface area contributed by atoms with Crippen LogP contribution in [0, 0.1) is 0 Å². The standard InChI is InChI=1S/C23H27Br/c1-16(18-8-6-7-9-21(18)24)14-17-10-11-19-20(15-17)23(4,5)13-12-22(19,2)3/h6-11,14-15H,12-13H2,1-5H3/b16-14+. The molecule has 0 nitrogen and oxygen atoms in total. The zero-order valence-corrected chi connectivity index (χ0v) is 17.0. The molecule has 0 amide bonds. The van der Waals surface area contributed by atoms with Gasteiger partial charge in [0, 0.05) is 4.47 Å². The van der Waals surface area contributed by atoms with Crippen molar-refractivity contribution in [3.63, 3.8) is 0 Å². The van der Waals surface area contributed by atoms with Gasteiger partial charge < -0.3 is 0 Å². The number of allylic oxidation sites excluding steroid dienone is 1. The van der Waals surface area contributed by atoms with Gasteiger partial charge in [0.05, 0.1) is 0 Å². The molecule has 0 bridgehead atoms. The van der Waals surface area contributed by atoms with E-state index in [-0.39, 0.29) is 10.8 Å². The van der Waals surface area contributed by atoms with Crippen molar-refractivity contribution in [2.24, 2.45) is 0 Å². The predicted octanol–water partition coefficient (Wildman–Crippen LogP) is 7.36. The van der Waals surface area contributed by atoms with Gasteiger partial charge in [-0.3, -0.25) is 0 Å². The van der Waals surface area contributed by atoms with Crippen LogP contribution in [0.4, 0.5) is 0 Å². The number of fused-ring (bicyclic) bond motifs is 1. The van der Waals surface area contributed by atoms with Crippen LogP contribution in [0.3, 0.4) is 0 Å². The van der Waals surface area contributed by atoms with E-state index in [1.54, 1.807) is 0 Å². The number of halogens is 1. The molecule has 0 N–H and O–H groups in total. The Balaban J connectivity index is 2.06. The van der Waals surface area contributed by atoms with Crippen LogP contribution in [0.5, 0.6) is 0 Å². The van der Waals surface area contributed by atoms with Gasteiger partial charge in [-0.15, -0.1) is 0 Å². The van der Waals surface area contributed by atoms with Gasteiger partial charge in [0.1, 0.15) is 0 Å². The summed E-state index contributed by atoms with van der Waals surface area (Å²) in [7, 11) is 0. The van der Waals surface area contributed by atoms with Crippen molar-refractivity contribution in [1.29, 1.82) is 0 Å². The van der Waals surface area contributed by atoms with Gasteiger partial charge in [-0.25, -0.2) is 0 Å². The summed E-state index contributed by atoms with van der Waals surface area (Å²) in [5.41, 5.74) is 7.43. The minimum absolute atomic E-state index is 0.260. The van der Waals surface area contributed by atoms with E-state index in [9.17, 15) is 0 Å². The molecule has 0 saturated heterocycles. The molecular weight excluding hydrogens is 356 g/mol. The molecule has 0 fully saturated rings. The second-order valence-electron chi connectivity index (χ2n) is 8.38. The highest BCUT2D eigenvalue weighted by molar-refractivity contribution is 9.10. The maximum absolute atomic E-state index is 3.66. The normalized spacial score (nSPS) is 19.0. The third-order valence-electron chi connectivity index (χ3n) is 5.56. The average Bonchev–Trinajstić information content (AvgIpc) is 2.52. The quantitative estimate of drug-likeness (QED) is 0.475. The van der Waals surface area contributed by atoms with E-state index in [0.717, 1.165) is 4.47 Å². The summed E-state index contributed by atoms with van der Waals surface area (Å²) in [5.74, 6) is 0. The molecule has 0 atom stereocenters. The van der Waals surface area contributed by atoms with E-state index >= 15 is 0 Å². The smallest absolute Gasteiger partial charge is 0.0250 e. The van der Waals surface area contributed by atoms with Gasteiger partial charge in [0.25, 0.3) is 0 Å². The molecule has 2 aromatic rings. The average molecular weight is 383 g/mol. The first kappa shape index (κ1) is 17.5. The highest BCUT2D eigenvalue weighted by atomic mass is 79.9. The zero-order chi connectivity index (χ0) is 17.5. The Morgan fingerprint density at radius 2 is 1.54 bits per heavy atom. The van der Waals surface area contributed by atoms with E-state index in [1.807, 2.05) is 0 Å². The Morgan fingerprint density at radius 3 is 2.21 bits per heavy atom. The molecule has 3 rings (SSSR count). The summed E-state index contributed by atoms with van der Waals surface area (Å²) in [4.78, 5) is 0. The molecule has 24 heavy (non-hydrogen) atoms. The first-order valence-corrected chi connectivity index (χ1v) is 9.58. The lowest BCUT2D eigenvalue weighted by Crippen LogP contribution is -2.33. The van der Waals surface area contributed by atoms with Gasteiger partial charge in [0.2, 0.25) is 0 Å². The molecule has 0 aromatic heterocycles. The van der Waals surface area contributed by atoms with E-state index in [2.05, 4.69) is 99.1 Å². The Bertz CT molecular complexity index is 793. The van der Waals surface area contributed by atoms with Gasteiger partial charge in [-0.05, 0) is 64.5 Å². The minimum Gasteiger partial charge on any atom is -0.0616 e. The van der Waals surface area contributed by atoms with Crippen LogP contribution in [0.15, 0.2) is 46.9 Å². The van der Waals surface area contributed by atoms with Crippen LogP contribution in [0.1, 0.15) is 69.7 Å². The maximum Gasteiger partial charge on any atom is 0.0250 e. The fourth-order valence-corrected chi connectivity index (χ4v) is 4.40. The second kappa shape index (κ2) is 6.19. The lowest BCUT2D eigenvalue weighted by Gasteiger charge is -2.42. The van der Waals surface area contributed by atoms with Crippen molar-refractivity contribution in [2.45, 2.75) is 58.3 Å². The van der Waals surface area contributed by atoms with E-state index < -0.39 is 0 Å². The number of hydrogen-bond acceptors (Lipinski definition) is 0. The molecule has 1 heteroatoms. The second-order valence-corrected chi connectivity index (χ2v) is 9.23. The first-order chi connectivity index (χ1) is 11.2. The van der Waals surface area contributed by atoms with E-state index in [4.69, 9.17) is 0 Å². The first-order valence-electron chi connectivity index (χ1n) is 8.79. The Kier molecular flexibility index (Phi) is 4.51. The summed E-state index contributed by atoms with van der Waals surface area (Å²) >= 11 is 3.66. The van der Waals surface area contributed by atoms with Gasteiger partial charge >= 0.3 is 0 Å². The molecular formula is C23H27Br. The third kappa shape index (κ3) is 3.24. The molecule has 0 heterocycles. The molecule has 126 valence electrons. The van der Waals surface area contributed by atoms with E-state index in [0.29, 0.717) is 0 Å². The SMILES string of the molecule is C/C(=C\c1ccc2c(c1)C(C)(C)CCC2(C)C)c1ccccc1Br. The van der Waals surface area contributed by atoms with Crippen LogP contribution in [0.2, 0.25) is 0 Å². The van der Waals surface area contributed by atoms with Crippen molar-refractivity contribution in [3.8, 4) is 0 Å². The molecule has 0 saturated carbocycles. The molecule has 1 aliphatic rings. The van der Waals surface area contributed by atoms with Crippen LogP contribution in [-0.2, 0) is 10.8 Å². The molecule has 0 unspecified atom stereocenters.